The lowest BCUT2D eigenvalue weighted by atomic mass is 9.90. The molecule has 202 valence electrons. The minimum atomic E-state index is -1.53. The molecular weight excluding hydrogens is 444 g/mol. The highest BCUT2D eigenvalue weighted by atomic mass is 16.5. The van der Waals surface area contributed by atoms with Crippen LogP contribution in [0.4, 0.5) is 0 Å². The molecule has 2 N–H and O–H groups in total. The minimum absolute atomic E-state index is 0.110. The summed E-state index contributed by atoms with van der Waals surface area (Å²) < 4.78 is 0. The van der Waals surface area contributed by atoms with Crippen LogP contribution in [0.5, 0.6) is 0 Å². The van der Waals surface area contributed by atoms with E-state index in [0.29, 0.717) is 11.5 Å². The lowest BCUT2D eigenvalue weighted by Gasteiger charge is -2.41. The number of unbranched alkanes of at least 4 members (excludes halogenated alkanes) is 12. The summed E-state index contributed by atoms with van der Waals surface area (Å²) in [6.45, 7) is 9.59. The lowest BCUT2D eigenvalue weighted by molar-refractivity contribution is -0.188. The summed E-state index contributed by atoms with van der Waals surface area (Å²) in [6, 6.07) is -0.716. The summed E-state index contributed by atoms with van der Waals surface area (Å²) >= 11 is 0. The number of likely N-dealkylation sites (tertiary alicyclic amines) is 1. The summed E-state index contributed by atoms with van der Waals surface area (Å²) in [5, 5.41) is 21.4. The first-order chi connectivity index (χ1) is 16.8. The Hall–Kier alpha value is -1.89. The Bertz CT molecular complexity index is 658. The summed E-state index contributed by atoms with van der Waals surface area (Å²) in [4.78, 5) is 38.1. The lowest BCUT2D eigenvalue weighted by Crippen LogP contribution is -2.55. The normalized spacial score (nSPS) is 15.0. The van der Waals surface area contributed by atoms with Crippen molar-refractivity contribution in [3.8, 4) is 0 Å². The van der Waals surface area contributed by atoms with Crippen LogP contribution in [0.15, 0.2) is 12.3 Å². The first kappa shape index (κ1) is 31.1. The molecular formula is C28H50N2O5. The van der Waals surface area contributed by atoms with Crippen LogP contribution < -0.4 is 0 Å². The van der Waals surface area contributed by atoms with Gasteiger partial charge in [-0.1, -0.05) is 111 Å². The van der Waals surface area contributed by atoms with Crippen LogP contribution in [0, 0.1) is 0 Å². The molecule has 0 saturated carbocycles. The zero-order valence-electron chi connectivity index (χ0n) is 22.5. The van der Waals surface area contributed by atoms with Gasteiger partial charge in [-0.3, -0.25) is 19.7 Å². The molecule has 1 heterocycles. The largest absolute Gasteiger partial charge is 0.479 e. The van der Waals surface area contributed by atoms with Gasteiger partial charge in [0.2, 0.25) is 11.8 Å². The molecule has 1 saturated heterocycles. The van der Waals surface area contributed by atoms with Crippen LogP contribution in [0.3, 0.4) is 0 Å². The van der Waals surface area contributed by atoms with E-state index in [9.17, 15) is 24.7 Å². The average Bonchev–Trinajstić information content (AvgIpc) is 3.17. The SMILES string of the molecule is C=C(C(CCCCCCCCCCCCCCC)N1C(=O)CCC1=O)N(O)C(CC)(CC)C(=O)O. The molecule has 0 aromatic heterocycles. The maximum absolute atomic E-state index is 12.5. The third-order valence-corrected chi connectivity index (χ3v) is 7.61. The monoisotopic (exact) mass is 494 g/mol. The maximum atomic E-state index is 12.5. The molecule has 1 atom stereocenters. The Morgan fingerprint density at radius 3 is 1.63 bits per heavy atom. The fourth-order valence-electron chi connectivity index (χ4n) is 5.10. The van der Waals surface area contributed by atoms with Crippen molar-refractivity contribution < 1.29 is 24.7 Å². The van der Waals surface area contributed by atoms with E-state index in [-0.39, 0.29) is 43.2 Å². The molecule has 1 fully saturated rings. The summed E-state index contributed by atoms with van der Waals surface area (Å²) in [5.74, 6) is -1.71. The van der Waals surface area contributed by atoms with E-state index in [1.54, 1.807) is 13.8 Å². The topological polar surface area (TPSA) is 98.2 Å². The molecule has 35 heavy (non-hydrogen) atoms. The van der Waals surface area contributed by atoms with Crippen molar-refractivity contribution in [2.24, 2.45) is 0 Å². The number of nitrogens with zero attached hydrogens (tertiary/aromatic N) is 2. The highest BCUT2D eigenvalue weighted by molar-refractivity contribution is 6.02. The number of carbonyl (C=O) groups is 3. The van der Waals surface area contributed by atoms with E-state index in [0.717, 1.165) is 19.3 Å². The first-order valence-corrected chi connectivity index (χ1v) is 14.0. The molecule has 0 spiro atoms. The molecule has 0 aromatic rings. The Balaban J connectivity index is 2.55. The Morgan fingerprint density at radius 1 is 0.857 bits per heavy atom. The highest BCUT2D eigenvalue weighted by Gasteiger charge is 2.45. The first-order valence-electron chi connectivity index (χ1n) is 14.0. The van der Waals surface area contributed by atoms with Crippen LogP contribution >= 0.6 is 0 Å². The van der Waals surface area contributed by atoms with E-state index in [1.165, 1.54) is 69.1 Å². The van der Waals surface area contributed by atoms with Gasteiger partial charge in [0.15, 0.2) is 5.54 Å². The Morgan fingerprint density at radius 2 is 1.26 bits per heavy atom. The molecule has 0 aromatic carbocycles. The van der Waals surface area contributed by atoms with Crippen molar-refractivity contribution in [3.63, 3.8) is 0 Å². The van der Waals surface area contributed by atoms with E-state index in [1.807, 2.05) is 0 Å². The van der Waals surface area contributed by atoms with Gasteiger partial charge in [-0.15, -0.1) is 0 Å². The predicted molar refractivity (Wildman–Crippen MR) is 139 cm³/mol. The smallest absolute Gasteiger partial charge is 0.332 e. The third-order valence-electron chi connectivity index (χ3n) is 7.61. The van der Waals surface area contributed by atoms with E-state index in [2.05, 4.69) is 13.5 Å². The third kappa shape index (κ3) is 9.25. The number of hydrogen-bond acceptors (Lipinski definition) is 5. The molecule has 1 aliphatic rings. The molecule has 2 amide bonds. The standard InChI is InChI=1S/C28H50N2O5/c1-5-8-9-10-11-12-13-14-15-16-17-18-19-20-24(29-25(31)21-22-26(29)32)23(4)30(35)28(6-2,7-3)27(33)34/h24,35H,4-22H2,1-3H3,(H,33,34). The number of hydroxylamine groups is 2. The fourth-order valence-corrected chi connectivity index (χ4v) is 5.10. The van der Waals surface area contributed by atoms with E-state index >= 15 is 0 Å². The molecule has 7 nitrogen and oxygen atoms in total. The van der Waals surface area contributed by atoms with Gasteiger partial charge in [0.25, 0.3) is 0 Å². The van der Waals surface area contributed by atoms with Gasteiger partial charge < -0.3 is 5.11 Å². The summed E-state index contributed by atoms with van der Waals surface area (Å²) in [6.07, 6.45) is 17.0. The van der Waals surface area contributed by atoms with Crippen molar-refractivity contribution in [3.05, 3.63) is 12.3 Å². The number of carbonyl (C=O) groups excluding carboxylic acids is 2. The second kappa shape index (κ2) is 16.7. The number of amides is 2. The number of aliphatic carboxylic acids is 1. The number of rotatable bonds is 21. The molecule has 1 unspecified atom stereocenters. The Kier molecular flexibility index (Phi) is 14.9. The molecule has 0 bridgehead atoms. The molecule has 0 radical (unpaired) electrons. The van der Waals surface area contributed by atoms with Crippen molar-refractivity contribution in [1.82, 2.24) is 9.96 Å². The quantitative estimate of drug-likeness (QED) is 0.103. The van der Waals surface area contributed by atoms with Crippen LogP contribution in [-0.2, 0) is 14.4 Å². The molecule has 7 heteroatoms. The Labute approximate surface area is 212 Å². The minimum Gasteiger partial charge on any atom is -0.479 e. The predicted octanol–water partition coefficient (Wildman–Crippen LogP) is 6.83. The van der Waals surface area contributed by atoms with Crippen LogP contribution in [0.2, 0.25) is 0 Å². The number of hydrogen-bond donors (Lipinski definition) is 2. The van der Waals surface area contributed by atoms with Gasteiger partial charge in [0.1, 0.15) is 0 Å². The number of carboxylic acids is 1. The van der Waals surface area contributed by atoms with Crippen LogP contribution in [0.1, 0.15) is 136 Å². The van der Waals surface area contributed by atoms with Gasteiger partial charge in [-0.2, -0.15) is 0 Å². The summed E-state index contributed by atoms with van der Waals surface area (Å²) in [7, 11) is 0. The maximum Gasteiger partial charge on any atom is 0.332 e. The van der Waals surface area contributed by atoms with E-state index < -0.39 is 17.6 Å². The van der Waals surface area contributed by atoms with Crippen molar-refractivity contribution in [2.45, 2.75) is 148 Å². The van der Waals surface area contributed by atoms with Gasteiger partial charge in [0.05, 0.1) is 11.7 Å². The average molecular weight is 495 g/mol. The molecule has 1 aliphatic heterocycles. The highest BCUT2D eigenvalue weighted by Crippen LogP contribution is 2.32. The van der Waals surface area contributed by atoms with Crippen LogP contribution in [-0.4, -0.2) is 49.6 Å². The second-order valence-corrected chi connectivity index (χ2v) is 10.1. The van der Waals surface area contributed by atoms with E-state index in [4.69, 9.17) is 0 Å². The zero-order valence-corrected chi connectivity index (χ0v) is 22.5. The molecule has 0 aliphatic carbocycles. The number of imide groups is 1. The number of carboxylic acid groups (broad SMARTS) is 1. The second-order valence-electron chi connectivity index (χ2n) is 10.1. The van der Waals surface area contributed by atoms with Crippen molar-refractivity contribution >= 4 is 17.8 Å². The van der Waals surface area contributed by atoms with Gasteiger partial charge in [0, 0.05) is 12.8 Å². The van der Waals surface area contributed by atoms with Gasteiger partial charge >= 0.3 is 5.97 Å². The van der Waals surface area contributed by atoms with Crippen LogP contribution in [0.25, 0.3) is 0 Å². The fraction of sp³-hybridized carbons (Fsp3) is 0.821. The molecule has 1 rings (SSSR count). The van der Waals surface area contributed by atoms with Gasteiger partial charge in [-0.25, -0.2) is 9.86 Å². The van der Waals surface area contributed by atoms with Gasteiger partial charge in [-0.05, 0) is 19.3 Å². The van der Waals surface area contributed by atoms with Crippen molar-refractivity contribution in [1.29, 1.82) is 0 Å². The van der Waals surface area contributed by atoms with Crippen molar-refractivity contribution in [2.75, 3.05) is 0 Å². The summed E-state index contributed by atoms with van der Waals surface area (Å²) in [5.41, 5.74) is -1.42. The zero-order chi connectivity index (χ0) is 26.3.